The van der Waals surface area contributed by atoms with Crippen LogP contribution in [0.3, 0.4) is 0 Å². The van der Waals surface area contributed by atoms with Crippen molar-refractivity contribution in [1.29, 1.82) is 0 Å². The average molecular weight is 317 g/mol. The molecule has 4 heteroatoms. The Morgan fingerprint density at radius 3 is 2.48 bits per heavy atom. The summed E-state index contributed by atoms with van der Waals surface area (Å²) in [7, 11) is 0. The van der Waals surface area contributed by atoms with Gasteiger partial charge in [-0.2, -0.15) is 0 Å². The quantitative estimate of drug-likeness (QED) is 0.840. The van der Waals surface area contributed by atoms with Gasteiger partial charge < -0.3 is 14.4 Å². The largest absolute Gasteiger partial charge is 0.488 e. The number of hydrogen-bond donors (Lipinski definition) is 0. The lowest BCUT2D eigenvalue weighted by molar-refractivity contribution is -0.144. The van der Waals surface area contributed by atoms with Crippen LogP contribution in [0.4, 0.5) is 0 Å². The van der Waals surface area contributed by atoms with Crippen LogP contribution in [0, 0.1) is 5.41 Å². The Morgan fingerprint density at radius 2 is 1.87 bits per heavy atom. The molecule has 0 N–H and O–H groups in total. The molecule has 2 heterocycles. The van der Waals surface area contributed by atoms with E-state index in [4.69, 9.17) is 9.47 Å². The Labute approximate surface area is 138 Å². The van der Waals surface area contributed by atoms with E-state index < -0.39 is 0 Å². The number of rotatable bonds is 2. The van der Waals surface area contributed by atoms with E-state index in [0.29, 0.717) is 6.61 Å². The number of carbonyl (C=O) groups is 1. The zero-order valence-electron chi connectivity index (χ0n) is 14.4. The molecular formula is C19H27NO3. The number of carbonyl (C=O) groups excluding carboxylic acids is 1. The van der Waals surface area contributed by atoms with Crippen molar-refractivity contribution < 1.29 is 14.3 Å². The average Bonchev–Trinajstić information content (AvgIpc) is 2.90. The Kier molecular flexibility index (Phi) is 4.37. The molecule has 0 radical (unpaired) electrons. The van der Waals surface area contributed by atoms with Crippen LogP contribution < -0.4 is 4.74 Å². The molecule has 3 rings (SSSR count). The summed E-state index contributed by atoms with van der Waals surface area (Å²) in [6, 6.07) is 9.92. The van der Waals surface area contributed by atoms with E-state index in [1.54, 1.807) is 0 Å². The summed E-state index contributed by atoms with van der Waals surface area (Å²) in [5, 5.41) is 0. The summed E-state index contributed by atoms with van der Waals surface area (Å²) >= 11 is 0. The minimum atomic E-state index is -0.306. The molecule has 23 heavy (non-hydrogen) atoms. The van der Waals surface area contributed by atoms with Gasteiger partial charge in [0.15, 0.2) is 0 Å². The van der Waals surface area contributed by atoms with Crippen LogP contribution in [0.15, 0.2) is 30.3 Å². The van der Waals surface area contributed by atoms with Gasteiger partial charge in [0, 0.05) is 24.9 Å². The van der Waals surface area contributed by atoms with E-state index >= 15 is 0 Å². The Morgan fingerprint density at radius 1 is 1.22 bits per heavy atom. The lowest BCUT2D eigenvalue weighted by Crippen LogP contribution is -2.49. The van der Waals surface area contributed by atoms with Crippen LogP contribution in [0.1, 0.15) is 40.0 Å². The first-order chi connectivity index (χ1) is 10.9. The molecule has 4 nitrogen and oxygen atoms in total. The molecule has 0 bridgehead atoms. The van der Waals surface area contributed by atoms with Gasteiger partial charge in [0.2, 0.25) is 5.91 Å². The normalized spacial score (nSPS) is 24.0. The molecule has 126 valence electrons. The summed E-state index contributed by atoms with van der Waals surface area (Å²) < 4.78 is 12.1. The molecule has 2 saturated heterocycles. The molecule has 1 spiro atoms. The standard InChI is InChI=1S/C19H27NO3/c1-18(2,3)17(21)20-11-9-19(10-12-20)13-16(14-22-19)23-15-7-5-4-6-8-15/h4-8,16H,9-14H2,1-3H3/t16-/m1/s1. The third-order valence-corrected chi connectivity index (χ3v) is 4.82. The molecule has 0 unspecified atom stereocenters. The van der Waals surface area contributed by atoms with Gasteiger partial charge >= 0.3 is 0 Å². The lowest BCUT2D eigenvalue weighted by Gasteiger charge is -2.40. The Balaban J connectivity index is 1.54. The first kappa shape index (κ1) is 16.3. The summed E-state index contributed by atoms with van der Waals surface area (Å²) in [4.78, 5) is 14.4. The second-order valence-corrected chi connectivity index (χ2v) is 7.79. The molecule has 1 aromatic carbocycles. The first-order valence-corrected chi connectivity index (χ1v) is 8.53. The van der Waals surface area contributed by atoms with Gasteiger partial charge in [0.05, 0.1) is 12.2 Å². The van der Waals surface area contributed by atoms with Crippen molar-refractivity contribution in [1.82, 2.24) is 4.90 Å². The van der Waals surface area contributed by atoms with Crippen molar-refractivity contribution in [3.8, 4) is 5.75 Å². The Hall–Kier alpha value is -1.55. The minimum absolute atomic E-state index is 0.103. The molecule has 2 fully saturated rings. The van der Waals surface area contributed by atoms with Crippen molar-refractivity contribution in [3.05, 3.63) is 30.3 Å². The number of ether oxygens (including phenoxy) is 2. The highest BCUT2D eigenvalue weighted by atomic mass is 16.6. The number of benzene rings is 1. The molecule has 1 atom stereocenters. The maximum Gasteiger partial charge on any atom is 0.227 e. The second kappa shape index (κ2) is 6.16. The van der Waals surface area contributed by atoms with Crippen molar-refractivity contribution >= 4 is 5.91 Å². The number of hydrogen-bond acceptors (Lipinski definition) is 3. The fraction of sp³-hybridized carbons (Fsp3) is 0.632. The van der Waals surface area contributed by atoms with Gasteiger partial charge in [-0.1, -0.05) is 39.0 Å². The van der Waals surface area contributed by atoms with Gasteiger partial charge in [0.1, 0.15) is 11.9 Å². The summed E-state index contributed by atoms with van der Waals surface area (Å²) in [5.41, 5.74) is -0.409. The third kappa shape index (κ3) is 3.69. The van der Waals surface area contributed by atoms with Crippen LogP contribution in [-0.4, -0.2) is 42.2 Å². The van der Waals surface area contributed by atoms with E-state index in [0.717, 1.165) is 38.1 Å². The van der Waals surface area contributed by atoms with E-state index in [1.165, 1.54) is 0 Å². The third-order valence-electron chi connectivity index (χ3n) is 4.82. The Bertz CT molecular complexity index is 541. The first-order valence-electron chi connectivity index (χ1n) is 8.53. The monoisotopic (exact) mass is 317 g/mol. The molecule has 0 aliphatic carbocycles. The van der Waals surface area contributed by atoms with E-state index in [1.807, 2.05) is 56.0 Å². The predicted molar refractivity (Wildman–Crippen MR) is 89.4 cm³/mol. The van der Waals surface area contributed by atoms with Crippen molar-refractivity contribution in [2.45, 2.75) is 51.7 Å². The van der Waals surface area contributed by atoms with E-state index in [2.05, 4.69) is 0 Å². The van der Waals surface area contributed by atoms with Gasteiger partial charge in [-0.25, -0.2) is 0 Å². The topological polar surface area (TPSA) is 38.8 Å². The van der Waals surface area contributed by atoms with Gasteiger partial charge in [-0.15, -0.1) is 0 Å². The molecule has 0 aromatic heterocycles. The SMILES string of the molecule is CC(C)(C)C(=O)N1CCC2(CC1)C[C@@H](Oc1ccccc1)CO2. The smallest absolute Gasteiger partial charge is 0.227 e. The molecule has 1 amide bonds. The number of likely N-dealkylation sites (tertiary alicyclic amines) is 1. The summed E-state index contributed by atoms with van der Waals surface area (Å²) in [6.45, 7) is 8.16. The molecular weight excluding hydrogens is 290 g/mol. The van der Waals surface area contributed by atoms with Gasteiger partial charge in [-0.3, -0.25) is 4.79 Å². The van der Waals surface area contributed by atoms with Crippen molar-refractivity contribution in [3.63, 3.8) is 0 Å². The molecule has 0 saturated carbocycles. The number of piperidine rings is 1. The molecule has 2 aliphatic heterocycles. The zero-order chi connectivity index (χ0) is 16.5. The fourth-order valence-electron chi connectivity index (χ4n) is 3.51. The number of amides is 1. The maximum atomic E-state index is 12.4. The van der Waals surface area contributed by atoms with Crippen LogP contribution in [0.2, 0.25) is 0 Å². The van der Waals surface area contributed by atoms with Crippen molar-refractivity contribution in [2.24, 2.45) is 5.41 Å². The van der Waals surface area contributed by atoms with Crippen LogP contribution in [0.5, 0.6) is 5.75 Å². The van der Waals surface area contributed by atoms with E-state index in [-0.39, 0.29) is 23.0 Å². The summed E-state index contributed by atoms with van der Waals surface area (Å²) in [5.74, 6) is 1.14. The van der Waals surface area contributed by atoms with Crippen LogP contribution in [-0.2, 0) is 9.53 Å². The number of para-hydroxylation sites is 1. The minimum Gasteiger partial charge on any atom is -0.488 e. The molecule has 1 aromatic rings. The summed E-state index contributed by atoms with van der Waals surface area (Å²) in [6.07, 6.45) is 2.84. The van der Waals surface area contributed by atoms with E-state index in [9.17, 15) is 4.79 Å². The van der Waals surface area contributed by atoms with Gasteiger partial charge in [0.25, 0.3) is 0 Å². The fourth-order valence-corrected chi connectivity index (χ4v) is 3.51. The highest BCUT2D eigenvalue weighted by Gasteiger charge is 2.45. The second-order valence-electron chi connectivity index (χ2n) is 7.79. The molecule has 2 aliphatic rings. The maximum absolute atomic E-state index is 12.4. The van der Waals surface area contributed by atoms with Gasteiger partial charge in [-0.05, 0) is 25.0 Å². The van der Waals surface area contributed by atoms with Crippen molar-refractivity contribution in [2.75, 3.05) is 19.7 Å². The van der Waals surface area contributed by atoms with Crippen LogP contribution >= 0.6 is 0 Å². The van der Waals surface area contributed by atoms with Crippen LogP contribution in [0.25, 0.3) is 0 Å². The highest BCUT2D eigenvalue weighted by Crippen LogP contribution is 2.38. The zero-order valence-corrected chi connectivity index (χ0v) is 14.4. The highest BCUT2D eigenvalue weighted by molar-refractivity contribution is 5.81. The number of nitrogens with zero attached hydrogens (tertiary/aromatic N) is 1. The predicted octanol–water partition coefficient (Wildman–Crippen LogP) is 3.26. The lowest BCUT2D eigenvalue weighted by atomic mass is 9.86.